The summed E-state index contributed by atoms with van der Waals surface area (Å²) >= 11 is 0. The minimum Gasteiger partial charge on any atom is -0.342 e. The molecule has 1 unspecified atom stereocenters. The summed E-state index contributed by atoms with van der Waals surface area (Å²) in [6, 6.07) is 6.45. The molecule has 1 aliphatic heterocycles. The van der Waals surface area contributed by atoms with Gasteiger partial charge in [0.1, 0.15) is 0 Å². The van der Waals surface area contributed by atoms with Crippen LogP contribution in [0.3, 0.4) is 0 Å². The monoisotopic (exact) mass is 318 g/mol. The van der Waals surface area contributed by atoms with Gasteiger partial charge in [0.15, 0.2) is 0 Å². The predicted molar refractivity (Wildman–Crippen MR) is 93.1 cm³/mol. The van der Waals surface area contributed by atoms with E-state index < -0.39 is 0 Å². The third-order valence-electron chi connectivity index (χ3n) is 4.61. The van der Waals surface area contributed by atoms with Gasteiger partial charge in [0.2, 0.25) is 5.91 Å². The quantitative estimate of drug-likeness (QED) is 0.834. The van der Waals surface area contributed by atoms with Gasteiger partial charge in [0, 0.05) is 31.9 Å². The van der Waals surface area contributed by atoms with Crippen molar-refractivity contribution in [1.29, 1.82) is 0 Å². The predicted octanol–water partition coefficient (Wildman–Crippen LogP) is 1.89. The highest BCUT2D eigenvalue weighted by Gasteiger charge is 2.24. The Morgan fingerprint density at radius 2 is 2.09 bits per heavy atom. The fourth-order valence-electron chi connectivity index (χ4n) is 3.23. The van der Waals surface area contributed by atoms with Crippen LogP contribution >= 0.6 is 0 Å². The Hall–Kier alpha value is -1.46. The highest BCUT2D eigenvalue weighted by Crippen LogP contribution is 2.16. The number of hydrogen-bond acceptors (Lipinski definition) is 4. The van der Waals surface area contributed by atoms with E-state index in [1.807, 2.05) is 43.1 Å². The van der Waals surface area contributed by atoms with Gasteiger partial charge in [0.25, 0.3) is 0 Å². The van der Waals surface area contributed by atoms with Gasteiger partial charge in [-0.25, -0.2) is 0 Å². The van der Waals surface area contributed by atoms with Crippen molar-refractivity contribution in [2.24, 2.45) is 0 Å². The first kappa shape index (κ1) is 17.9. The average Bonchev–Trinajstić information content (AvgIpc) is 2.85. The molecular weight excluding hydrogens is 288 g/mol. The fraction of sp³-hybridized carbons (Fsp3) is 0.667. The van der Waals surface area contributed by atoms with Gasteiger partial charge in [-0.15, -0.1) is 0 Å². The van der Waals surface area contributed by atoms with E-state index in [1.54, 1.807) is 0 Å². The van der Waals surface area contributed by atoms with Crippen molar-refractivity contribution in [3.63, 3.8) is 0 Å². The van der Waals surface area contributed by atoms with Crippen molar-refractivity contribution >= 4 is 5.91 Å². The van der Waals surface area contributed by atoms with Crippen LogP contribution in [0.25, 0.3) is 0 Å². The lowest BCUT2D eigenvalue weighted by molar-refractivity contribution is -0.132. The third kappa shape index (κ3) is 5.59. The molecule has 1 amide bonds. The second kappa shape index (κ2) is 9.63. The number of pyridine rings is 1. The molecule has 1 saturated heterocycles. The van der Waals surface area contributed by atoms with Crippen LogP contribution in [-0.2, 0) is 11.3 Å². The van der Waals surface area contributed by atoms with Crippen LogP contribution in [0.5, 0.6) is 0 Å². The van der Waals surface area contributed by atoms with Crippen molar-refractivity contribution < 1.29 is 4.79 Å². The van der Waals surface area contributed by atoms with E-state index in [4.69, 9.17) is 0 Å². The number of carbonyl (C=O) groups excluding carboxylic acids is 1. The first-order chi connectivity index (χ1) is 11.2. The van der Waals surface area contributed by atoms with Crippen molar-refractivity contribution in [2.45, 2.75) is 45.7 Å². The van der Waals surface area contributed by atoms with Gasteiger partial charge >= 0.3 is 0 Å². The summed E-state index contributed by atoms with van der Waals surface area (Å²) in [5.41, 5.74) is 1.04. The minimum atomic E-state index is 0.225. The van der Waals surface area contributed by atoms with Crippen LogP contribution in [0, 0.1) is 0 Å². The molecule has 1 fully saturated rings. The standard InChI is InChI=1S/C18H30N4O/c1-3-21(4-2)18(23)15-22(14-16-8-5-6-12-20-16)17-9-7-11-19-13-10-17/h5-6,8,12,17,19H,3-4,7,9-11,13-15H2,1-2H3. The fourth-order valence-corrected chi connectivity index (χ4v) is 3.23. The lowest BCUT2D eigenvalue weighted by Gasteiger charge is -2.32. The van der Waals surface area contributed by atoms with E-state index in [9.17, 15) is 4.79 Å². The van der Waals surface area contributed by atoms with E-state index in [-0.39, 0.29) is 5.91 Å². The van der Waals surface area contributed by atoms with E-state index in [0.717, 1.165) is 51.3 Å². The normalized spacial score (nSPS) is 18.7. The maximum absolute atomic E-state index is 12.6. The van der Waals surface area contributed by atoms with Gasteiger partial charge in [-0.3, -0.25) is 14.7 Å². The van der Waals surface area contributed by atoms with Crippen molar-refractivity contribution in [3.05, 3.63) is 30.1 Å². The molecule has 128 valence electrons. The summed E-state index contributed by atoms with van der Waals surface area (Å²) < 4.78 is 0. The molecular formula is C18H30N4O. The molecule has 1 aliphatic rings. The second-order valence-electron chi connectivity index (χ2n) is 6.13. The topological polar surface area (TPSA) is 48.5 Å². The van der Waals surface area contributed by atoms with E-state index >= 15 is 0 Å². The Bertz CT molecular complexity index is 453. The van der Waals surface area contributed by atoms with Crippen LogP contribution in [0.4, 0.5) is 0 Å². The largest absolute Gasteiger partial charge is 0.342 e. The first-order valence-corrected chi connectivity index (χ1v) is 8.87. The lowest BCUT2D eigenvalue weighted by Crippen LogP contribution is -2.44. The number of nitrogens with zero attached hydrogens (tertiary/aromatic N) is 3. The Morgan fingerprint density at radius 3 is 2.78 bits per heavy atom. The zero-order chi connectivity index (χ0) is 16.5. The summed E-state index contributed by atoms with van der Waals surface area (Å²) in [5, 5.41) is 3.46. The zero-order valence-corrected chi connectivity index (χ0v) is 14.5. The molecule has 1 atom stereocenters. The Kier molecular flexibility index (Phi) is 7.49. The van der Waals surface area contributed by atoms with E-state index in [1.165, 1.54) is 6.42 Å². The molecule has 1 N–H and O–H groups in total. The van der Waals surface area contributed by atoms with Crippen molar-refractivity contribution in [2.75, 3.05) is 32.7 Å². The molecule has 1 aromatic rings. The van der Waals surface area contributed by atoms with Gasteiger partial charge in [-0.1, -0.05) is 6.07 Å². The first-order valence-electron chi connectivity index (χ1n) is 8.87. The van der Waals surface area contributed by atoms with Crippen molar-refractivity contribution in [1.82, 2.24) is 20.1 Å². The second-order valence-corrected chi connectivity index (χ2v) is 6.13. The Balaban J connectivity index is 2.08. The number of aromatic nitrogens is 1. The maximum Gasteiger partial charge on any atom is 0.236 e. The van der Waals surface area contributed by atoms with Crippen LogP contribution in [0.1, 0.15) is 38.8 Å². The van der Waals surface area contributed by atoms with Gasteiger partial charge in [-0.2, -0.15) is 0 Å². The number of amides is 1. The van der Waals surface area contributed by atoms with Gasteiger partial charge in [-0.05, 0) is 58.3 Å². The molecule has 0 bridgehead atoms. The smallest absolute Gasteiger partial charge is 0.236 e. The van der Waals surface area contributed by atoms with E-state index in [0.29, 0.717) is 12.6 Å². The van der Waals surface area contributed by atoms with Crippen LogP contribution in [0.15, 0.2) is 24.4 Å². The number of rotatable bonds is 7. The lowest BCUT2D eigenvalue weighted by atomic mass is 10.1. The van der Waals surface area contributed by atoms with Gasteiger partial charge < -0.3 is 10.2 Å². The molecule has 0 radical (unpaired) electrons. The Morgan fingerprint density at radius 1 is 1.26 bits per heavy atom. The number of nitrogens with one attached hydrogen (secondary N) is 1. The molecule has 0 saturated carbocycles. The highest BCUT2D eigenvalue weighted by atomic mass is 16.2. The summed E-state index contributed by atoms with van der Waals surface area (Å²) in [6.07, 6.45) is 5.24. The molecule has 1 aromatic heterocycles. The van der Waals surface area contributed by atoms with E-state index in [2.05, 4.69) is 15.2 Å². The van der Waals surface area contributed by atoms with Gasteiger partial charge in [0.05, 0.1) is 12.2 Å². The summed E-state index contributed by atoms with van der Waals surface area (Å²) in [5.74, 6) is 0.225. The summed E-state index contributed by atoms with van der Waals surface area (Å²) in [7, 11) is 0. The molecule has 5 heteroatoms. The molecule has 2 heterocycles. The zero-order valence-electron chi connectivity index (χ0n) is 14.5. The molecule has 0 aromatic carbocycles. The van der Waals surface area contributed by atoms with Crippen LogP contribution < -0.4 is 5.32 Å². The SMILES string of the molecule is CCN(CC)C(=O)CN(Cc1ccccn1)C1CCCNCC1. The minimum absolute atomic E-state index is 0.225. The molecule has 0 aliphatic carbocycles. The molecule has 2 rings (SSSR count). The third-order valence-corrected chi connectivity index (χ3v) is 4.61. The summed E-state index contributed by atoms with van der Waals surface area (Å²) in [6.45, 7) is 8.99. The Labute approximate surface area is 140 Å². The maximum atomic E-state index is 12.6. The number of carbonyl (C=O) groups is 1. The average molecular weight is 318 g/mol. The number of hydrogen-bond donors (Lipinski definition) is 1. The number of likely N-dealkylation sites (N-methyl/N-ethyl adjacent to an activating group) is 1. The van der Waals surface area contributed by atoms with Crippen LogP contribution in [-0.4, -0.2) is 59.5 Å². The highest BCUT2D eigenvalue weighted by molar-refractivity contribution is 5.78. The molecule has 5 nitrogen and oxygen atoms in total. The summed E-state index contributed by atoms with van der Waals surface area (Å²) in [4.78, 5) is 21.3. The molecule has 23 heavy (non-hydrogen) atoms. The van der Waals surface area contributed by atoms with Crippen molar-refractivity contribution in [3.8, 4) is 0 Å². The molecule has 0 spiro atoms. The van der Waals surface area contributed by atoms with Crippen LogP contribution in [0.2, 0.25) is 0 Å².